The van der Waals surface area contributed by atoms with E-state index in [0.29, 0.717) is 22.8 Å². The summed E-state index contributed by atoms with van der Waals surface area (Å²) in [6.07, 6.45) is 6.71. The minimum atomic E-state index is -0.661. The molecule has 2 aromatic rings. The van der Waals surface area contributed by atoms with Crippen LogP contribution in [-0.2, 0) is 16.1 Å². The standard InChI is InChI=1S/C22H20N2O8/c1-5-8-31-19-17(28-2)10-13(11-18(19)29-3)9-15-20(25)24(22(27)23-15)12-14-6-7-16(32-14)21(26)30-4/h1,6-7,9-11H,8,12H2,2-4H3,(H,23,27). The Hall–Kier alpha value is -4.39. The van der Waals surface area contributed by atoms with Gasteiger partial charge in [-0.25, -0.2) is 9.59 Å². The van der Waals surface area contributed by atoms with Crippen molar-refractivity contribution in [2.45, 2.75) is 6.54 Å². The highest BCUT2D eigenvalue weighted by Crippen LogP contribution is 2.39. The molecule has 10 nitrogen and oxygen atoms in total. The molecule has 1 aliphatic heterocycles. The number of imide groups is 1. The molecule has 0 atom stereocenters. The van der Waals surface area contributed by atoms with Crippen LogP contribution in [0.25, 0.3) is 6.08 Å². The molecule has 1 N–H and O–H groups in total. The third-order valence-electron chi connectivity index (χ3n) is 4.42. The van der Waals surface area contributed by atoms with Crippen molar-refractivity contribution in [3.8, 4) is 29.6 Å². The fourth-order valence-electron chi connectivity index (χ4n) is 2.95. The summed E-state index contributed by atoms with van der Waals surface area (Å²) in [5.41, 5.74) is 0.555. The molecule has 0 aliphatic carbocycles. The maximum Gasteiger partial charge on any atom is 0.373 e. The number of nitrogens with one attached hydrogen (secondary N) is 1. The second-order valence-electron chi connectivity index (χ2n) is 6.38. The lowest BCUT2D eigenvalue weighted by molar-refractivity contribution is -0.123. The largest absolute Gasteiger partial charge is 0.493 e. The Morgan fingerprint density at radius 3 is 2.47 bits per heavy atom. The number of urea groups is 1. The molecule has 166 valence electrons. The van der Waals surface area contributed by atoms with E-state index in [2.05, 4.69) is 16.0 Å². The molecule has 0 spiro atoms. The van der Waals surface area contributed by atoms with Crippen LogP contribution in [0, 0.1) is 12.3 Å². The van der Waals surface area contributed by atoms with E-state index in [1.54, 1.807) is 12.1 Å². The first-order chi connectivity index (χ1) is 15.4. The molecule has 0 saturated carbocycles. The molecule has 2 heterocycles. The molecule has 1 aliphatic rings. The summed E-state index contributed by atoms with van der Waals surface area (Å²) in [6.45, 7) is -0.147. The van der Waals surface area contributed by atoms with Gasteiger partial charge in [0.05, 0.1) is 27.9 Å². The lowest BCUT2D eigenvalue weighted by atomic mass is 10.1. The van der Waals surface area contributed by atoms with Gasteiger partial charge in [0, 0.05) is 0 Å². The van der Waals surface area contributed by atoms with Gasteiger partial charge in [0.2, 0.25) is 11.5 Å². The van der Waals surface area contributed by atoms with Gasteiger partial charge < -0.3 is 28.7 Å². The van der Waals surface area contributed by atoms with Gasteiger partial charge in [-0.15, -0.1) is 6.42 Å². The van der Waals surface area contributed by atoms with Gasteiger partial charge >= 0.3 is 12.0 Å². The minimum Gasteiger partial charge on any atom is -0.493 e. The molecule has 0 bridgehead atoms. The van der Waals surface area contributed by atoms with Gasteiger partial charge in [0.25, 0.3) is 5.91 Å². The van der Waals surface area contributed by atoms with Crippen LogP contribution in [0.2, 0.25) is 0 Å². The number of terminal acetylenes is 1. The number of carbonyl (C=O) groups excluding carboxylic acids is 3. The van der Waals surface area contributed by atoms with Crippen molar-refractivity contribution in [2.75, 3.05) is 27.9 Å². The van der Waals surface area contributed by atoms with E-state index in [1.165, 1.54) is 39.5 Å². The Bertz CT molecular complexity index is 1100. The van der Waals surface area contributed by atoms with Gasteiger partial charge in [-0.1, -0.05) is 5.92 Å². The summed E-state index contributed by atoms with van der Waals surface area (Å²) in [5.74, 6) is 2.34. The predicted molar refractivity (Wildman–Crippen MR) is 111 cm³/mol. The Balaban J connectivity index is 1.84. The fourth-order valence-corrected chi connectivity index (χ4v) is 2.95. The number of esters is 1. The van der Waals surface area contributed by atoms with Crippen molar-refractivity contribution in [3.63, 3.8) is 0 Å². The van der Waals surface area contributed by atoms with Crippen LogP contribution in [0.15, 0.2) is 34.4 Å². The van der Waals surface area contributed by atoms with Gasteiger partial charge in [-0.3, -0.25) is 9.69 Å². The van der Waals surface area contributed by atoms with Gasteiger partial charge in [-0.05, 0) is 35.9 Å². The van der Waals surface area contributed by atoms with E-state index in [4.69, 9.17) is 25.1 Å². The predicted octanol–water partition coefficient (Wildman–Crippen LogP) is 2.19. The van der Waals surface area contributed by atoms with Crippen molar-refractivity contribution >= 4 is 24.0 Å². The quantitative estimate of drug-likeness (QED) is 0.287. The number of nitrogens with zero attached hydrogens (tertiary/aromatic N) is 1. The zero-order valence-corrected chi connectivity index (χ0v) is 17.6. The van der Waals surface area contributed by atoms with Crippen molar-refractivity contribution in [1.29, 1.82) is 0 Å². The molecule has 0 radical (unpaired) electrons. The molecule has 1 aromatic heterocycles. The van der Waals surface area contributed by atoms with E-state index < -0.39 is 17.9 Å². The molecule has 1 saturated heterocycles. The van der Waals surface area contributed by atoms with E-state index >= 15 is 0 Å². The summed E-state index contributed by atoms with van der Waals surface area (Å²) in [7, 11) is 4.12. The number of furan rings is 1. The Labute approximate surface area is 183 Å². The number of amides is 3. The summed E-state index contributed by atoms with van der Waals surface area (Å²) in [6, 6.07) is 5.47. The second kappa shape index (κ2) is 9.61. The summed E-state index contributed by atoms with van der Waals surface area (Å²) < 4.78 is 26.0. The first kappa shape index (κ1) is 22.3. The van der Waals surface area contributed by atoms with E-state index in [1.807, 2.05) is 0 Å². The van der Waals surface area contributed by atoms with Crippen LogP contribution in [0.3, 0.4) is 0 Å². The first-order valence-electron chi connectivity index (χ1n) is 9.25. The highest BCUT2D eigenvalue weighted by Gasteiger charge is 2.34. The van der Waals surface area contributed by atoms with Crippen molar-refractivity contribution in [2.24, 2.45) is 0 Å². The van der Waals surface area contributed by atoms with Crippen LogP contribution >= 0.6 is 0 Å². The number of methoxy groups -OCH3 is 3. The van der Waals surface area contributed by atoms with Crippen LogP contribution in [0.5, 0.6) is 17.2 Å². The van der Waals surface area contributed by atoms with Crippen molar-refractivity contribution in [1.82, 2.24) is 10.2 Å². The molecular formula is C22H20N2O8. The highest BCUT2D eigenvalue weighted by atomic mass is 16.5. The number of rotatable bonds is 8. The molecule has 32 heavy (non-hydrogen) atoms. The Kier molecular flexibility index (Phi) is 6.70. The zero-order valence-electron chi connectivity index (χ0n) is 17.6. The Morgan fingerprint density at radius 2 is 1.88 bits per heavy atom. The van der Waals surface area contributed by atoms with Gasteiger partial charge in [0.1, 0.15) is 18.1 Å². The van der Waals surface area contributed by atoms with Crippen molar-refractivity contribution in [3.05, 3.63) is 47.0 Å². The SMILES string of the molecule is C#CCOc1c(OC)cc(C=C2NC(=O)N(Cc3ccc(C(=O)OC)o3)C2=O)cc1OC. The molecular weight excluding hydrogens is 420 g/mol. The van der Waals surface area contributed by atoms with Gasteiger partial charge in [0.15, 0.2) is 11.5 Å². The lowest BCUT2D eigenvalue weighted by Gasteiger charge is -2.14. The summed E-state index contributed by atoms with van der Waals surface area (Å²) in [4.78, 5) is 37.6. The van der Waals surface area contributed by atoms with Gasteiger partial charge in [-0.2, -0.15) is 0 Å². The van der Waals surface area contributed by atoms with E-state index in [-0.39, 0.29) is 30.4 Å². The smallest absolute Gasteiger partial charge is 0.373 e. The third-order valence-corrected chi connectivity index (χ3v) is 4.42. The van der Waals surface area contributed by atoms with Crippen molar-refractivity contribution < 1.29 is 37.7 Å². The molecule has 1 fully saturated rings. The average molecular weight is 440 g/mol. The van der Waals surface area contributed by atoms with E-state index in [0.717, 1.165) is 4.90 Å². The molecule has 3 amide bonds. The minimum absolute atomic E-state index is 0.0150. The molecule has 3 rings (SSSR count). The maximum atomic E-state index is 12.8. The monoisotopic (exact) mass is 440 g/mol. The second-order valence-corrected chi connectivity index (χ2v) is 6.38. The van der Waals surface area contributed by atoms with Crippen LogP contribution in [0.4, 0.5) is 4.79 Å². The normalized spacial score (nSPS) is 14.2. The first-order valence-corrected chi connectivity index (χ1v) is 9.25. The van der Waals surface area contributed by atoms with E-state index in [9.17, 15) is 14.4 Å². The summed E-state index contributed by atoms with van der Waals surface area (Å²) in [5, 5.41) is 2.51. The third kappa shape index (κ3) is 4.52. The topological polar surface area (TPSA) is 117 Å². The number of hydrogen-bond acceptors (Lipinski definition) is 8. The zero-order chi connectivity index (χ0) is 23.3. The molecule has 0 unspecified atom stereocenters. The summed E-state index contributed by atoms with van der Waals surface area (Å²) >= 11 is 0. The lowest BCUT2D eigenvalue weighted by Crippen LogP contribution is -2.30. The number of ether oxygens (including phenoxy) is 4. The maximum absolute atomic E-state index is 12.8. The molecule has 10 heteroatoms. The number of hydrogen-bond donors (Lipinski definition) is 1. The van der Waals surface area contributed by atoms with Crippen LogP contribution in [-0.4, -0.2) is 50.7 Å². The van der Waals surface area contributed by atoms with Crippen LogP contribution in [0.1, 0.15) is 21.9 Å². The fraction of sp³-hybridized carbons (Fsp3) is 0.227. The number of carbonyl (C=O) groups is 3. The highest BCUT2D eigenvalue weighted by molar-refractivity contribution is 6.13. The van der Waals surface area contributed by atoms with Crippen LogP contribution < -0.4 is 19.5 Å². The molecule has 1 aromatic carbocycles. The number of benzene rings is 1. The average Bonchev–Trinajstić information content (AvgIpc) is 3.37. The Morgan fingerprint density at radius 1 is 1.19 bits per heavy atom.